The molecular weight excluding hydrogens is 314 g/mol. The molecule has 0 bridgehead atoms. The number of anilines is 1. The van der Waals surface area contributed by atoms with Gasteiger partial charge >= 0.3 is 0 Å². The van der Waals surface area contributed by atoms with E-state index in [0.717, 1.165) is 35.3 Å². The summed E-state index contributed by atoms with van der Waals surface area (Å²) in [5.74, 6) is 0.867. The molecule has 0 aliphatic rings. The van der Waals surface area contributed by atoms with Crippen molar-refractivity contribution in [1.29, 1.82) is 0 Å². The molecule has 0 aliphatic carbocycles. The van der Waals surface area contributed by atoms with Gasteiger partial charge in [0, 0.05) is 22.8 Å². The van der Waals surface area contributed by atoms with E-state index < -0.39 is 0 Å². The van der Waals surface area contributed by atoms with Crippen LogP contribution in [0.15, 0.2) is 53.0 Å². The molecule has 0 aliphatic heterocycles. The molecule has 0 heterocycles. The lowest BCUT2D eigenvalue weighted by atomic mass is 10.1. The summed E-state index contributed by atoms with van der Waals surface area (Å²) in [6.07, 6.45) is 3.50. The van der Waals surface area contributed by atoms with Crippen molar-refractivity contribution in [2.45, 2.75) is 19.3 Å². The van der Waals surface area contributed by atoms with Gasteiger partial charge in [-0.1, -0.05) is 46.3 Å². The minimum Gasteiger partial charge on any atom is -0.497 e. The molecule has 20 heavy (non-hydrogen) atoms. The normalized spacial score (nSPS) is 10.3. The van der Waals surface area contributed by atoms with Gasteiger partial charge in [0.2, 0.25) is 0 Å². The van der Waals surface area contributed by atoms with Gasteiger partial charge in [-0.3, -0.25) is 0 Å². The van der Waals surface area contributed by atoms with Gasteiger partial charge in [-0.25, -0.2) is 0 Å². The Kier molecular flexibility index (Phi) is 5.93. The fraction of sp³-hybridized carbons (Fsp3) is 0.294. The zero-order chi connectivity index (χ0) is 14.2. The van der Waals surface area contributed by atoms with E-state index in [1.807, 2.05) is 12.1 Å². The summed E-state index contributed by atoms with van der Waals surface area (Å²) in [6, 6.07) is 16.7. The summed E-state index contributed by atoms with van der Waals surface area (Å²) in [5.41, 5.74) is 2.51. The van der Waals surface area contributed by atoms with Crippen LogP contribution in [-0.2, 0) is 6.42 Å². The van der Waals surface area contributed by atoms with Crippen LogP contribution in [0.4, 0.5) is 5.69 Å². The lowest BCUT2D eigenvalue weighted by Gasteiger charge is -2.09. The molecule has 2 aromatic carbocycles. The van der Waals surface area contributed by atoms with Crippen molar-refractivity contribution in [2.24, 2.45) is 0 Å². The zero-order valence-corrected chi connectivity index (χ0v) is 13.3. The average molecular weight is 334 g/mol. The quantitative estimate of drug-likeness (QED) is 0.728. The van der Waals surface area contributed by atoms with E-state index >= 15 is 0 Å². The van der Waals surface area contributed by atoms with Crippen LogP contribution in [0.25, 0.3) is 0 Å². The van der Waals surface area contributed by atoms with Crippen molar-refractivity contribution in [3.63, 3.8) is 0 Å². The molecular formula is C17H20BrNO. The Labute approximate surface area is 129 Å². The fourth-order valence-electron chi connectivity index (χ4n) is 2.11. The molecule has 2 rings (SSSR count). The Morgan fingerprint density at radius 1 is 1.05 bits per heavy atom. The number of rotatable bonds is 7. The number of benzene rings is 2. The molecule has 0 spiro atoms. The van der Waals surface area contributed by atoms with Crippen LogP contribution in [0.2, 0.25) is 0 Å². The minimum absolute atomic E-state index is 0.867. The first kappa shape index (κ1) is 14.9. The Bertz CT molecular complexity index is 528. The number of nitrogens with one attached hydrogen (secondary N) is 1. The highest BCUT2D eigenvalue weighted by molar-refractivity contribution is 9.10. The van der Waals surface area contributed by atoms with Crippen LogP contribution in [0.5, 0.6) is 5.75 Å². The van der Waals surface area contributed by atoms with Gasteiger partial charge in [0.05, 0.1) is 7.11 Å². The van der Waals surface area contributed by atoms with Crippen molar-refractivity contribution in [3.8, 4) is 5.75 Å². The number of unbranched alkanes of at least 4 members (excludes halogenated alkanes) is 1. The topological polar surface area (TPSA) is 21.3 Å². The molecule has 106 valence electrons. The summed E-state index contributed by atoms with van der Waals surface area (Å²) < 4.78 is 6.28. The van der Waals surface area contributed by atoms with Gasteiger partial charge in [0.15, 0.2) is 0 Å². The maximum atomic E-state index is 5.25. The summed E-state index contributed by atoms with van der Waals surface area (Å²) in [7, 11) is 1.69. The molecule has 2 aromatic rings. The van der Waals surface area contributed by atoms with Crippen LogP contribution in [-0.4, -0.2) is 13.7 Å². The first-order valence-corrected chi connectivity index (χ1v) is 7.69. The molecule has 2 nitrogen and oxygen atoms in total. The number of halogens is 1. The van der Waals surface area contributed by atoms with E-state index in [4.69, 9.17) is 4.74 Å². The second-order valence-corrected chi connectivity index (χ2v) is 5.66. The molecule has 0 radical (unpaired) electrons. The number of hydrogen-bond donors (Lipinski definition) is 1. The molecule has 0 saturated heterocycles. The smallest absolute Gasteiger partial charge is 0.122 e. The van der Waals surface area contributed by atoms with Crippen LogP contribution < -0.4 is 10.1 Å². The van der Waals surface area contributed by atoms with Crippen molar-refractivity contribution in [3.05, 3.63) is 58.6 Å². The number of ether oxygens (including phenoxy) is 1. The highest BCUT2D eigenvalue weighted by Crippen LogP contribution is 2.24. The predicted octanol–water partition coefficient (Wildman–Crippen LogP) is 4.89. The first-order chi connectivity index (χ1) is 9.78. The maximum Gasteiger partial charge on any atom is 0.122 e. The molecule has 0 fully saturated rings. The van der Waals surface area contributed by atoms with E-state index in [0.29, 0.717) is 0 Å². The van der Waals surface area contributed by atoms with Gasteiger partial charge in [-0.2, -0.15) is 0 Å². The standard InChI is InChI=1S/C17H20BrNO/c1-20-17-12-15(18)11-16(13-17)19-10-6-5-9-14-7-3-2-4-8-14/h2-4,7-8,11-13,19H,5-6,9-10H2,1H3. The Hall–Kier alpha value is -1.48. The van der Waals surface area contributed by atoms with Crippen molar-refractivity contribution < 1.29 is 4.74 Å². The third kappa shape index (κ3) is 4.89. The third-order valence-electron chi connectivity index (χ3n) is 3.17. The molecule has 0 atom stereocenters. The van der Waals surface area contributed by atoms with Crippen molar-refractivity contribution in [2.75, 3.05) is 19.0 Å². The lowest BCUT2D eigenvalue weighted by Crippen LogP contribution is -2.02. The number of aryl methyl sites for hydroxylation is 1. The highest BCUT2D eigenvalue weighted by atomic mass is 79.9. The van der Waals surface area contributed by atoms with Crippen LogP contribution in [0.1, 0.15) is 18.4 Å². The summed E-state index contributed by atoms with van der Waals surface area (Å²) >= 11 is 3.49. The van der Waals surface area contributed by atoms with Gasteiger partial charge in [0.1, 0.15) is 5.75 Å². The fourth-order valence-corrected chi connectivity index (χ4v) is 2.59. The van der Waals surface area contributed by atoms with E-state index in [-0.39, 0.29) is 0 Å². The van der Waals surface area contributed by atoms with E-state index in [2.05, 4.69) is 57.6 Å². The first-order valence-electron chi connectivity index (χ1n) is 6.90. The number of hydrogen-bond acceptors (Lipinski definition) is 2. The zero-order valence-electron chi connectivity index (χ0n) is 11.7. The Morgan fingerprint density at radius 2 is 1.85 bits per heavy atom. The predicted molar refractivity (Wildman–Crippen MR) is 88.6 cm³/mol. The minimum atomic E-state index is 0.867. The summed E-state index contributed by atoms with van der Waals surface area (Å²) in [6.45, 7) is 0.979. The highest BCUT2D eigenvalue weighted by Gasteiger charge is 1.99. The molecule has 0 amide bonds. The van der Waals surface area contributed by atoms with Crippen LogP contribution in [0.3, 0.4) is 0 Å². The van der Waals surface area contributed by atoms with Crippen LogP contribution >= 0.6 is 15.9 Å². The maximum absolute atomic E-state index is 5.25. The largest absolute Gasteiger partial charge is 0.497 e. The summed E-state index contributed by atoms with van der Waals surface area (Å²) in [4.78, 5) is 0. The Morgan fingerprint density at radius 3 is 2.60 bits per heavy atom. The van der Waals surface area contributed by atoms with E-state index in [1.165, 1.54) is 12.0 Å². The second-order valence-electron chi connectivity index (χ2n) is 4.75. The van der Waals surface area contributed by atoms with Gasteiger partial charge in [0.25, 0.3) is 0 Å². The third-order valence-corrected chi connectivity index (χ3v) is 3.63. The SMILES string of the molecule is COc1cc(Br)cc(NCCCCc2ccccc2)c1. The van der Waals surface area contributed by atoms with Crippen LogP contribution in [0, 0.1) is 0 Å². The molecule has 0 aromatic heterocycles. The summed E-state index contributed by atoms with van der Waals surface area (Å²) in [5, 5.41) is 3.44. The average Bonchev–Trinajstić information content (AvgIpc) is 2.47. The second kappa shape index (κ2) is 7.95. The molecule has 0 unspecified atom stereocenters. The van der Waals surface area contributed by atoms with Crippen molar-refractivity contribution >= 4 is 21.6 Å². The van der Waals surface area contributed by atoms with Gasteiger partial charge in [-0.15, -0.1) is 0 Å². The van der Waals surface area contributed by atoms with Crippen molar-refractivity contribution in [1.82, 2.24) is 0 Å². The van der Waals surface area contributed by atoms with E-state index in [1.54, 1.807) is 7.11 Å². The monoisotopic (exact) mass is 333 g/mol. The number of methoxy groups -OCH3 is 1. The van der Waals surface area contributed by atoms with Gasteiger partial charge in [-0.05, 0) is 37.0 Å². The molecule has 0 saturated carbocycles. The Balaban J connectivity index is 1.72. The lowest BCUT2D eigenvalue weighted by molar-refractivity contribution is 0.414. The molecule has 1 N–H and O–H groups in total. The van der Waals surface area contributed by atoms with Gasteiger partial charge < -0.3 is 10.1 Å². The van der Waals surface area contributed by atoms with E-state index in [9.17, 15) is 0 Å². The molecule has 3 heteroatoms.